The Bertz CT molecular complexity index is 423. The van der Waals surface area contributed by atoms with Crippen molar-refractivity contribution >= 4 is 0 Å². The molecule has 2 N–H and O–H groups in total. The van der Waals surface area contributed by atoms with Crippen molar-refractivity contribution in [3.05, 3.63) is 29.6 Å². The molecule has 0 spiro atoms. The summed E-state index contributed by atoms with van der Waals surface area (Å²) in [6, 6.07) is 4.67. The summed E-state index contributed by atoms with van der Waals surface area (Å²) in [5.74, 6) is 0.503. The van der Waals surface area contributed by atoms with Crippen LogP contribution in [0.15, 0.2) is 18.2 Å². The number of nitrogens with one attached hydrogen (secondary N) is 1. The summed E-state index contributed by atoms with van der Waals surface area (Å²) in [7, 11) is 0. The van der Waals surface area contributed by atoms with Crippen molar-refractivity contribution in [1.29, 1.82) is 0 Å². The Hall–Kier alpha value is -1.13. The van der Waals surface area contributed by atoms with Gasteiger partial charge in [-0.3, -0.25) is 0 Å². The van der Waals surface area contributed by atoms with Gasteiger partial charge in [0.05, 0.1) is 0 Å². The van der Waals surface area contributed by atoms with Crippen molar-refractivity contribution in [3.8, 4) is 5.75 Å². The van der Waals surface area contributed by atoms with Crippen molar-refractivity contribution in [1.82, 2.24) is 10.2 Å². The largest absolute Gasteiger partial charge is 0.508 e. The third-order valence-corrected chi connectivity index (χ3v) is 3.84. The van der Waals surface area contributed by atoms with Crippen molar-refractivity contribution in [2.45, 2.75) is 32.9 Å². The van der Waals surface area contributed by atoms with E-state index in [9.17, 15) is 9.50 Å². The number of benzene rings is 1. The van der Waals surface area contributed by atoms with Crippen molar-refractivity contribution in [2.75, 3.05) is 19.6 Å². The number of phenols is 1. The molecular weight excluding hydrogens is 243 g/mol. The fourth-order valence-corrected chi connectivity index (χ4v) is 2.60. The summed E-state index contributed by atoms with van der Waals surface area (Å²) < 4.78 is 13.1. The minimum Gasteiger partial charge on any atom is -0.508 e. The molecule has 19 heavy (non-hydrogen) atoms. The molecule has 0 aromatic heterocycles. The lowest BCUT2D eigenvalue weighted by Crippen LogP contribution is -2.30. The highest BCUT2D eigenvalue weighted by atomic mass is 19.1. The highest BCUT2D eigenvalue weighted by Crippen LogP contribution is 2.19. The van der Waals surface area contributed by atoms with E-state index in [1.54, 1.807) is 0 Å². The third kappa shape index (κ3) is 3.91. The van der Waals surface area contributed by atoms with Crippen LogP contribution in [-0.2, 0) is 6.54 Å². The predicted molar refractivity (Wildman–Crippen MR) is 74.6 cm³/mol. The molecule has 1 aliphatic heterocycles. The number of aromatic hydroxyl groups is 1. The molecule has 1 heterocycles. The fourth-order valence-electron chi connectivity index (χ4n) is 2.60. The van der Waals surface area contributed by atoms with E-state index in [1.807, 2.05) is 0 Å². The number of halogens is 1. The van der Waals surface area contributed by atoms with Crippen LogP contribution in [0.4, 0.5) is 4.39 Å². The van der Waals surface area contributed by atoms with Gasteiger partial charge < -0.3 is 15.3 Å². The summed E-state index contributed by atoms with van der Waals surface area (Å²) in [5, 5.41) is 12.9. The van der Waals surface area contributed by atoms with Crippen LogP contribution >= 0.6 is 0 Å². The average Bonchev–Trinajstić information content (AvgIpc) is 2.82. The Kier molecular flexibility index (Phi) is 4.77. The van der Waals surface area contributed by atoms with Crippen LogP contribution in [0, 0.1) is 11.7 Å². The second-order valence-electron chi connectivity index (χ2n) is 5.65. The van der Waals surface area contributed by atoms with Gasteiger partial charge >= 0.3 is 0 Å². The molecule has 1 fully saturated rings. The maximum absolute atomic E-state index is 13.1. The zero-order chi connectivity index (χ0) is 13.8. The normalized spacial score (nSPS) is 20.3. The van der Waals surface area contributed by atoms with E-state index >= 15 is 0 Å². The molecular formula is C15H23FN2O. The Morgan fingerprint density at radius 3 is 2.95 bits per heavy atom. The number of nitrogens with zero attached hydrogens (tertiary/aromatic N) is 1. The number of phenolic OH excluding ortho intramolecular Hbond substituents is 1. The maximum atomic E-state index is 13.1. The number of rotatable bonds is 5. The van der Waals surface area contributed by atoms with Crippen molar-refractivity contribution < 1.29 is 9.50 Å². The lowest BCUT2D eigenvalue weighted by atomic mass is 10.1. The van der Waals surface area contributed by atoms with E-state index in [0.717, 1.165) is 19.6 Å². The number of hydrogen-bond donors (Lipinski definition) is 2. The topological polar surface area (TPSA) is 35.5 Å². The highest BCUT2D eigenvalue weighted by molar-refractivity contribution is 5.32. The second-order valence-corrected chi connectivity index (χ2v) is 5.65. The van der Waals surface area contributed by atoms with Crippen LogP contribution in [-0.4, -0.2) is 35.7 Å². The van der Waals surface area contributed by atoms with Crippen molar-refractivity contribution in [2.24, 2.45) is 5.92 Å². The van der Waals surface area contributed by atoms with Gasteiger partial charge in [-0.25, -0.2) is 4.39 Å². The molecule has 1 aliphatic rings. The molecule has 0 bridgehead atoms. The minimum atomic E-state index is -0.304. The SMILES string of the molecule is CC(C)N1CCC(CNCc2cc(F)ccc2O)C1. The van der Waals surface area contributed by atoms with Gasteiger partial charge in [-0.2, -0.15) is 0 Å². The number of likely N-dealkylation sites (tertiary alicyclic amines) is 1. The molecule has 1 atom stereocenters. The lowest BCUT2D eigenvalue weighted by Gasteiger charge is -2.20. The summed E-state index contributed by atoms with van der Waals surface area (Å²) in [6.07, 6.45) is 1.21. The zero-order valence-corrected chi connectivity index (χ0v) is 11.7. The molecule has 0 saturated carbocycles. The Morgan fingerprint density at radius 2 is 2.26 bits per heavy atom. The molecule has 3 nitrogen and oxygen atoms in total. The van der Waals surface area contributed by atoms with Crippen LogP contribution in [0.2, 0.25) is 0 Å². The van der Waals surface area contributed by atoms with Crippen molar-refractivity contribution in [3.63, 3.8) is 0 Å². The standard InChI is InChI=1S/C15H23FN2O/c1-11(2)18-6-5-12(10-18)8-17-9-13-7-14(16)3-4-15(13)19/h3-4,7,11-12,17,19H,5-6,8-10H2,1-2H3. The first-order valence-corrected chi connectivity index (χ1v) is 6.98. The second kappa shape index (κ2) is 6.35. The molecule has 1 aromatic rings. The molecule has 0 aliphatic carbocycles. The molecule has 1 unspecified atom stereocenters. The monoisotopic (exact) mass is 266 g/mol. The first kappa shape index (κ1) is 14.3. The predicted octanol–water partition coefficient (Wildman–Crippen LogP) is 2.35. The smallest absolute Gasteiger partial charge is 0.123 e. The lowest BCUT2D eigenvalue weighted by molar-refractivity contribution is 0.264. The molecule has 4 heteroatoms. The first-order chi connectivity index (χ1) is 9.06. The van der Waals surface area contributed by atoms with E-state index in [0.29, 0.717) is 24.1 Å². The van der Waals surface area contributed by atoms with Crippen LogP contribution < -0.4 is 5.32 Å². The van der Waals surface area contributed by atoms with Crippen LogP contribution in [0.1, 0.15) is 25.8 Å². The molecule has 0 amide bonds. The van der Waals surface area contributed by atoms with Gasteiger partial charge in [0.25, 0.3) is 0 Å². The van der Waals surface area contributed by atoms with E-state index in [1.165, 1.54) is 24.6 Å². The van der Waals surface area contributed by atoms with Gasteiger partial charge in [-0.05, 0) is 57.5 Å². The molecule has 0 radical (unpaired) electrons. The highest BCUT2D eigenvalue weighted by Gasteiger charge is 2.23. The third-order valence-electron chi connectivity index (χ3n) is 3.84. The minimum absolute atomic E-state index is 0.157. The molecule has 1 aromatic carbocycles. The van der Waals surface area contributed by atoms with Gasteiger partial charge in [0, 0.05) is 24.7 Å². The Morgan fingerprint density at radius 1 is 1.47 bits per heavy atom. The van der Waals surface area contributed by atoms with E-state index in [2.05, 4.69) is 24.1 Å². The van der Waals surface area contributed by atoms with E-state index in [-0.39, 0.29) is 11.6 Å². The van der Waals surface area contributed by atoms with Crippen LogP contribution in [0.5, 0.6) is 5.75 Å². The molecule has 2 rings (SSSR count). The molecule has 106 valence electrons. The summed E-state index contributed by atoms with van der Waals surface area (Å²) in [4.78, 5) is 2.48. The average molecular weight is 266 g/mol. The maximum Gasteiger partial charge on any atom is 0.123 e. The van der Waals surface area contributed by atoms with E-state index in [4.69, 9.17) is 0 Å². The molecule has 1 saturated heterocycles. The quantitative estimate of drug-likeness (QED) is 0.859. The van der Waals surface area contributed by atoms with Crippen LogP contribution in [0.3, 0.4) is 0 Å². The van der Waals surface area contributed by atoms with Gasteiger partial charge in [0.2, 0.25) is 0 Å². The van der Waals surface area contributed by atoms with Gasteiger partial charge in [0.15, 0.2) is 0 Å². The number of hydrogen-bond acceptors (Lipinski definition) is 3. The van der Waals surface area contributed by atoms with Gasteiger partial charge in [-0.15, -0.1) is 0 Å². The Balaban J connectivity index is 1.77. The van der Waals surface area contributed by atoms with Crippen LogP contribution in [0.25, 0.3) is 0 Å². The fraction of sp³-hybridized carbons (Fsp3) is 0.600. The summed E-state index contributed by atoms with van der Waals surface area (Å²) in [5.41, 5.74) is 0.624. The summed E-state index contributed by atoms with van der Waals surface area (Å²) in [6.45, 7) is 8.16. The van der Waals surface area contributed by atoms with Gasteiger partial charge in [0.1, 0.15) is 11.6 Å². The van der Waals surface area contributed by atoms with E-state index < -0.39 is 0 Å². The van der Waals surface area contributed by atoms with Gasteiger partial charge in [-0.1, -0.05) is 0 Å². The summed E-state index contributed by atoms with van der Waals surface area (Å²) >= 11 is 0. The Labute approximate surface area is 114 Å². The first-order valence-electron chi connectivity index (χ1n) is 6.98. The zero-order valence-electron chi connectivity index (χ0n) is 11.7.